The first-order valence-corrected chi connectivity index (χ1v) is 9.06. The Morgan fingerprint density at radius 3 is 2.81 bits per heavy atom. The minimum absolute atomic E-state index is 0.135. The fourth-order valence-corrected chi connectivity index (χ4v) is 3.45. The number of benzene rings is 2. The first kappa shape index (κ1) is 18.2. The third-order valence-electron chi connectivity index (χ3n) is 3.61. The summed E-state index contributed by atoms with van der Waals surface area (Å²) in [5.41, 5.74) is 6.95. The van der Waals surface area contributed by atoms with Gasteiger partial charge in [0, 0.05) is 13.0 Å². The van der Waals surface area contributed by atoms with Gasteiger partial charge < -0.3 is 15.8 Å². The molecule has 0 bridgehead atoms. The lowest BCUT2D eigenvalue weighted by Crippen LogP contribution is -2.30. The maximum Gasteiger partial charge on any atom is 0.340 e. The number of hydrogen-bond acceptors (Lipinski definition) is 6. The van der Waals surface area contributed by atoms with Crippen molar-refractivity contribution in [3.8, 4) is 0 Å². The van der Waals surface area contributed by atoms with Crippen LogP contribution in [0.15, 0.2) is 42.5 Å². The van der Waals surface area contributed by atoms with Gasteiger partial charge in [-0.05, 0) is 24.3 Å². The zero-order valence-corrected chi connectivity index (χ0v) is 15.3. The van der Waals surface area contributed by atoms with E-state index in [1.165, 1.54) is 6.07 Å². The molecule has 0 aliphatic carbocycles. The molecule has 1 amide bonds. The molecule has 26 heavy (non-hydrogen) atoms. The SMILES string of the molecule is Nc1c(Cl)cccc1C(=O)OCC(=O)NCCc1nc2ccccc2s1. The predicted molar refractivity (Wildman–Crippen MR) is 102 cm³/mol. The molecule has 0 fully saturated rings. The Kier molecular flexibility index (Phi) is 5.70. The molecule has 0 aliphatic rings. The van der Waals surface area contributed by atoms with Crippen molar-refractivity contribution in [1.82, 2.24) is 10.3 Å². The molecular formula is C18H16ClN3O3S. The summed E-state index contributed by atoms with van der Waals surface area (Å²) in [4.78, 5) is 28.3. The summed E-state index contributed by atoms with van der Waals surface area (Å²) >= 11 is 7.45. The second-order valence-corrected chi connectivity index (χ2v) is 6.97. The second-order valence-electron chi connectivity index (χ2n) is 5.45. The monoisotopic (exact) mass is 389 g/mol. The Bertz CT molecular complexity index is 925. The van der Waals surface area contributed by atoms with Crippen LogP contribution in [0.25, 0.3) is 10.2 Å². The van der Waals surface area contributed by atoms with E-state index >= 15 is 0 Å². The van der Waals surface area contributed by atoms with Gasteiger partial charge in [0.2, 0.25) is 0 Å². The van der Waals surface area contributed by atoms with Gasteiger partial charge >= 0.3 is 5.97 Å². The van der Waals surface area contributed by atoms with Crippen molar-refractivity contribution in [2.24, 2.45) is 0 Å². The Labute approximate surface area is 158 Å². The van der Waals surface area contributed by atoms with Crippen LogP contribution in [0.1, 0.15) is 15.4 Å². The van der Waals surface area contributed by atoms with E-state index < -0.39 is 5.97 Å². The molecule has 0 saturated carbocycles. The van der Waals surface area contributed by atoms with E-state index in [0.717, 1.165) is 15.2 Å². The van der Waals surface area contributed by atoms with E-state index in [0.29, 0.717) is 13.0 Å². The fraction of sp³-hybridized carbons (Fsp3) is 0.167. The van der Waals surface area contributed by atoms with E-state index in [1.54, 1.807) is 23.5 Å². The average Bonchev–Trinajstić information content (AvgIpc) is 3.04. The molecule has 0 atom stereocenters. The molecule has 1 aromatic heterocycles. The van der Waals surface area contributed by atoms with Crippen LogP contribution in [0.5, 0.6) is 0 Å². The molecule has 3 aromatic rings. The Morgan fingerprint density at radius 1 is 1.19 bits per heavy atom. The van der Waals surface area contributed by atoms with Crippen LogP contribution in [0.4, 0.5) is 5.69 Å². The summed E-state index contributed by atoms with van der Waals surface area (Å²) < 4.78 is 6.09. The molecule has 1 heterocycles. The van der Waals surface area contributed by atoms with Gasteiger partial charge in [-0.3, -0.25) is 4.79 Å². The zero-order chi connectivity index (χ0) is 18.5. The number of carbonyl (C=O) groups excluding carboxylic acids is 2. The Balaban J connectivity index is 1.45. The van der Waals surface area contributed by atoms with Gasteiger partial charge in [-0.2, -0.15) is 0 Å². The van der Waals surface area contributed by atoms with Crippen molar-refractivity contribution < 1.29 is 14.3 Å². The van der Waals surface area contributed by atoms with Crippen LogP contribution in [-0.2, 0) is 16.0 Å². The van der Waals surface area contributed by atoms with Crippen LogP contribution >= 0.6 is 22.9 Å². The first-order valence-electron chi connectivity index (χ1n) is 7.87. The number of aromatic nitrogens is 1. The molecule has 2 aromatic carbocycles. The van der Waals surface area contributed by atoms with Crippen molar-refractivity contribution >= 4 is 50.7 Å². The number of hydrogen-bond donors (Lipinski definition) is 2. The van der Waals surface area contributed by atoms with Gasteiger partial charge in [-0.15, -0.1) is 11.3 Å². The number of nitrogens with zero attached hydrogens (tertiary/aromatic N) is 1. The normalized spacial score (nSPS) is 10.7. The van der Waals surface area contributed by atoms with Crippen LogP contribution in [0.2, 0.25) is 5.02 Å². The first-order chi connectivity index (χ1) is 12.5. The topological polar surface area (TPSA) is 94.3 Å². The molecule has 6 nitrogen and oxygen atoms in total. The van der Waals surface area contributed by atoms with E-state index in [9.17, 15) is 9.59 Å². The second kappa shape index (κ2) is 8.16. The highest BCUT2D eigenvalue weighted by Gasteiger charge is 2.14. The number of para-hydroxylation sites is 2. The van der Waals surface area contributed by atoms with E-state index in [4.69, 9.17) is 22.1 Å². The number of carbonyl (C=O) groups is 2. The van der Waals surface area contributed by atoms with E-state index in [-0.39, 0.29) is 28.8 Å². The highest BCUT2D eigenvalue weighted by Crippen LogP contribution is 2.23. The highest BCUT2D eigenvalue weighted by molar-refractivity contribution is 7.18. The molecule has 0 saturated heterocycles. The number of amides is 1. The third kappa shape index (κ3) is 4.30. The number of halogens is 1. The molecule has 8 heteroatoms. The lowest BCUT2D eigenvalue weighted by molar-refractivity contribution is -0.124. The van der Waals surface area contributed by atoms with Crippen molar-refractivity contribution in [2.45, 2.75) is 6.42 Å². The van der Waals surface area contributed by atoms with Crippen molar-refractivity contribution in [1.29, 1.82) is 0 Å². The lowest BCUT2D eigenvalue weighted by Gasteiger charge is -2.08. The molecule has 3 rings (SSSR count). The minimum Gasteiger partial charge on any atom is -0.452 e. The van der Waals surface area contributed by atoms with Crippen molar-refractivity contribution in [3.05, 3.63) is 58.1 Å². The number of ether oxygens (including phenoxy) is 1. The van der Waals surface area contributed by atoms with E-state index in [2.05, 4.69) is 10.3 Å². The van der Waals surface area contributed by atoms with Gasteiger partial charge in [0.25, 0.3) is 5.91 Å². The third-order valence-corrected chi connectivity index (χ3v) is 5.03. The number of rotatable bonds is 6. The minimum atomic E-state index is -0.689. The van der Waals surface area contributed by atoms with Crippen LogP contribution in [0.3, 0.4) is 0 Å². The number of esters is 1. The lowest BCUT2D eigenvalue weighted by atomic mass is 10.2. The number of anilines is 1. The van der Waals surface area contributed by atoms with Crippen molar-refractivity contribution in [2.75, 3.05) is 18.9 Å². The summed E-state index contributed by atoms with van der Waals surface area (Å²) in [6.45, 7) is 0.0279. The van der Waals surface area contributed by atoms with E-state index in [1.807, 2.05) is 24.3 Å². The van der Waals surface area contributed by atoms with Gasteiger partial charge in [0.1, 0.15) is 0 Å². The maximum atomic E-state index is 12.0. The summed E-state index contributed by atoms with van der Waals surface area (Å²) in [6, 6.07) is 12.5. The highest BCUT2D eigenvalue weighted by atomic mass is 35.5. The van der Waals surface area contributed by atoms with Crippen LogP contribution < -0.4 is 11.1 Å². The zero-order valence-electron chi connectivity index (χ0n) is 13.7. The molecule has 134 valence electrons. The summed E-state index contributed by atoms with van der Waals surface area (Å²) in [5, 5.41) is 3.91. The molecular weight excluding hydrogens is 374 g/mol. The maximum absolute atomic E-state index is 12.0. The molecule has 0 radical (unpaired) electrons. The van der Waals surface area contributed by atoms with Crippen LogP contribution in [0, 0.1) is 0 Å². The van der Waals surface area contributed by atoms with Crippen LogP contribution in [-0.4, -0.2) is 30.0 Å². The van der Waals surface area contributed by atoms with Gasteiger partial charge in [0.15, 0.2) is 6.61 Å². The van der Waals surface area contributed by atoms with Gasteiger partial charge in [0.05, 0.1) is 31.5 Å². The number of fused-ring (bicyclic) bond motifs is 1. The summed E-state index contributed by atoms with van der Waals surface area (Å²) in [7, 11) is 0. The number of nitrogens with two attached hydrogens (primary N) is 1. The standard InChI is InChI=1S/C18H16ClN3O3S/c19-12-5-3-4-11(17(12)20)18(24)25-10-15(23)21-9-8-16-22-13-6-1-2-7-14(13)26-16/h1-7H,8-10,20H2,(H,21,23). The average molecular weight is 390 g/mol. The largest absolute Gasteiger partial charge is 0.452 e. The number of thiazole rings is 1. The number of nitrogens with one attached hydrogen (secondary N) is 1. The predicted octanol–water partition coefficient (Wildman–Crippen LogP) is 3.05. The molecule has 0 aliphatic heterocycles. The molecule has 3 N–H and O–H groups in total. The number of nitrogen functional groups attached to an aromatic ring is 1. The smallest absolute Gasteiger partial charge is 0.340 e. The summed E-state index contributed by atoms with van der Waals surface area (Å²) in [5.74, 6) is -1.08. The van der Waals surface area contributed by atoms with Gasteiger partial charge in [-0.25, -0.2) is 9.78 Å². The Morgan fingerprint density at radius 2 is 2.00 bits per heavy atom. The summed E-state index contributed by atoms with van der Waals surface area (Å²) in [6.07, 6.45) is 0.611. The van der Waals surface area contributed by atoms with Gasteiger partial charge in [-0.1, -0.05) is 29.8 Å². The fourth-order valence-electron chi connectivity index (χ4n) is 2.31. The molecule has 0 spiro atoms. The van der Waals surface area contributed by atoms with Crippen molar-refractivity contribution in [3.63, 3.8) is 0 Å². The quantitative estimate of drug-likeness (QED) is 0.499. The molecule has 0 unspecified atom stereocenters. The Hall–Kier alpha value is -2.64.